The number of hydrogen-bond donors (Lipinski definition) is 3. The largest absolute Gasteiger partial charge is 0.393 e. The average Bonchev–Trinajstić information content (AvgIpc) is 2.64. The molecule has 1 aliphatic rings. The van der Waals surface area contributed by atoms with Crippen LogP contribution in [-0.4, -0.2) is 36.3 Å². The van der Waals surface area contributed by atoms with Crippen LogP contribution in [0.25, 0.3) is 10.8 Å². The number of aliphatic hydroxyl groups is 1. The number of rotatable bonds is 5. The first kappa shape index (κ1) is 17.7. The predicted octanol–water partition coefficient (Wildman–Crippen LogP) is 3.24. The Morgan fingerprint density at radius 3 is 2.64 bits per heavy atom. The van der Waals surface area contributed by atoms with Crippen molar-refractivity contribution in [2.24, 2.45) is 4.99 Å². The van der Waals surface area contributed by atoms with Gasteiger partial charge in [0.2, 0.25) is 0 Å². The first-order chi connectivity index (χ1) is 12.3. The molecule has 0 bridgehead atoms. The van der Waals surface area contributed by atoms with Gasteiger partial charge in [0.25, 0.3) is 0 Å². The van der Waals surface area contributed by atoms with E-state index < -0.39 is 0 Å². The van der Waals surface area contributed by atoms with Gasteiger partial charge >= 0.3 is 0 Å². The fraction of sp³-hybridized carbons (Fsp3) is 0.476. The highest BCUT2D eigenvalue weighted by molar-refractivity contribution is 5.85. The fourth-order valence-electron chi connectivity index (χ4n) is 3.53. The quantitative estimate of drug-likeness (QED) is 0.579. The summed E-state index contributed by atoms with van der Waals surface area (Å²) in [5.74, 6) is 0.893. The van der Waals surface area contributed by atoms with Crippen LogP contribution < -0.4 is 10.6 Å². The number of nitrogens with one attached hydrogen (secondary N) is 2. The highest BCUT2D eigenvalue weighted by atomic mass is 16.3. The van der Waals surface area contributed by atoms with Gasteiger partial charge in [-0.3, -0.25) is 4.99 Å². The van der Waals surface area contributed by atoms with E-state index in [1.807, 2.05) is 0 Å². The van der Waals surface area contributed by atoms with Crippen molar-refractivity contribution in [1.82, 2.24) is 10.6 Å². The smallest absolute Gasteiger partial charge is 0.191 e. The van der Waals surface area contributed by atoms with E-state index in [0.717, 1.165) is 51.2 Å². The molecule has 134 valence electrons. The summed E-state index contributed by atoms with van der Waals surface area (Å²) >= 11 is 0. The zero-order valence-electron chi connectivity index (χ0n) is 15.0. The third-order valence-electron chi connectivity index (χ3n) is 4.91. The highest BCUT2D eigenvalue weighted by Crippen LogP contribution is 2.19. The summed E-state index contributed by atoms with van der Waals surface area (Å²) in [5.41, 5.74) is 1.35. The molecule has 0 aromatic heterocycles. The van der Waals surface area contributed by atoms with Crippen molar-refractivity contribution in [3.8, 4) is 0 Å². The Morgan fingerprint density at radius 1 is 1.08 bits per heavy atom. The van der Waals surface area contributed by atoms with E-state index in [0.29, 0.717) is 6.04 Å². The summed E-state index contributed by atoms with van der Waals surface area (Å²) in [6, 6.07) is 15.4. The molecule has 0 radical (unpaired) electrons. The van der Waals surface area contributed by atoms with Gasteiger partial charge in [-0.05, 0) is 55.4 Å². The second kappa shape index (κ2) is 8.86. The number of guanidine groups is 1. The first-order valence-corrected chi connectivity index (χ1v) is 9.46. The molecule has 25 heavy (non-hydrogen) atoms. The van der Waals surface area contributed by atoms with E-state index in [1.54, 1.807) is 0 Å². The Balaban J connectivity index is 1.61. The zero-order valence-corrected chi connectivity index (χ0v) is 15.0. The molecule has 0 atom stereocenters. The Bertz CT molecular complexity index is 700. The highest BCUT2D eigenvalue weighted by Gasteiger charge is 2.19. The first-order valence-electron chi connectivity index (χ1n) is 9.46. The molecule has 0 heterocycles. The van der Waals surface area contributed by atoms with E-state index in [1.165, 1.54) is 16.3 Å². The van der Waals surface area contributed by atoms with E-state index in [2.05, 4.69) is 60.0 Å². The summed E-state index contributed by atoms with van der Waals surface area (Å²) in [4.78, 5) is 4.76. The molecule has 4 heteroatoms. The van der Waals surface area contributed by atoms with Gasteiger partial charge in [0.05, 0.1) is 6.10 Å². The second-order valence-electron chi connectivity index (χ2n) is 6.80. The van der Waals surface area contributed by atoms with Crippen LogP contribution in [-0.2, 0) is 6.42 Å². The van der Waals surface area contributed by atoms with Crippen LogP contribution in [0.3, 0.4) is 0 Å². The number of aliphatic imine (C=N–C) groups is 1. The van der Waals surface area contributed by atoms with Crippen LogP contribution in [0.5, 0.6) is 0 Å². The molecule has 0 spiro atoms. The minimum atomic E-state index is -0.121. The molecule has 0 amide bonds. The van der Waals surface area contributed by atoms with Gasteiger partial charge in [-0.15, -0.1) is 0 Å². The Kier molecular flexibility index (Phi) is 6.29. The van der Waals surface area contributed by atoms with Crippen molar-refractivity contribution < 1.29 is 5.11 Å². The van der Waals surface area contributed by atoms with Crippen molar-refractivity contribution in [3.63, 3.8) is 0 Å². The van der Waals surface area contributed by atoms with Gasteiger partial charge in [0.1, 0.15) is 0 Å². The van der Waals surface area contributed by atoms with Gasteiger partial charge in [0, 0.05) is 19.1 Å². The van der Waals surface area contributed by atoms with E-state index in [-0.39, 0.29) is 6.10 Å². The molecule has 4 nitrogen and oxygen atoms in total. The van der Waals surface area contributed by atoms with E-state index in [9.17, 15) is 5.11 Å². The predicted molar refractivity (Wildman–Crippen MR) is 105 cm³/mol. The van der Waals surface area contributed by atoms with Crippen molar-refractivity contribution >= 4 is 16.7 Å². The molecule has 3 N–H and O–H groups in total. The van der Waals surface area contributed by atoms with Crippen LogP contribution in [0.1, 0.15) is 38.2 Å². The normalized spacial score (nSPS) is 21.3. The summed E-state index contributed by atoms with van der Waals surface area (Å²) in [6.07, 6.45) is 4.59. The minimum Gasteiger partial charge on any atom is -0.393 e. The van der Waals surface area contributed by atoms with Gasteiger partial charge in [-0.1, -0.05) is 42.5 Å². The number of hydrogen-bond acceptors (Lipinski definition) is 2. The Morgan fingerprint density at radius 2 is 1.84 bits per heavy atom. The van der Waals surface area contributed by atoms with Crippen LogP contribution in [0, 0.1) is 0 Å². The average molecular weight is 339 g/mol. The monoisotopic (exact) mass is 339 g/mol. The van der Waals surface area contributed by atoms with Crippen LogP contribution in [0.4, 0.5) is 0 Å². The maximum absolute atomic E-state index is 9.64. The topological polar surface area (TPSA) is 56.7 Å². The molecule has 2 aromatic rings. The standard InChI is InChI=1S/C21H29N3O/c1-2-22-21(24-18-10-12-19(25)13-11-18)23-15-14-17-8-5-7-16-6-3-4-9-20(16)17/h3-9,18-19,25H,2,10-15H2,1H3,(H2,22,23,24). The van der Waals surface area contributed by atoms with Crippen molar-refractivity contribution in [3.05, 3.63) is 48.0 Å². The molecule has 1 fully saturated rings. The van der Waals surface area contributed by atoms with Gasteiger partial charge in [0.15, 0.2) is 5.96 Å². The second-order valence-corrected chi connectivity index (χ2v) is 6.80. The van der Waals surface area contributed by atoms with Crippen LogP contribution in [0.2, 0.25) is 0 Å². The lowest BCUT2D eigenvalue weighted by atomic mass is 9.93. The lowest BCUT2D eigenvalue weighted by Gasteiger charge is -2.27. The number of nitrogens with zero attached hydrogens (tertiary/aromatic N) is 1. The molecule has 0 unspecified atom stereocenters. The summed E-state index contributed by atoms with van der Waals surface area (Å²) < 4.78 is 0. The van der Waals surface area contributed by atoms with Gasteiger partial charge < -0.3 is 15.7 Å². The van der Waals surface area contributed by atoms with Crippen molar-refractivity contribution in [2.75, 3.05) is 13.1 Å². The van der Waals surface area contributed by atoms with Crippen molar-refractivity contribution in [2.45, 2.75) is 51.2 Å². The SMILES string of the molecule is CCNC(=NCCc1cccc2ccccc12)NC1CCC(O)CC1. The summed E-state index contributed by atoms with van der Waals surface area (Å²) in [6.45, 7) is 3.71. The van der Waals surface area contributed by atoms with Crippen LogP contribution in [0.15, 0.2) is 47.5 Å². The molecule has 1 aliphatic carbocycles. The lowest BCUT2D eigenvalue weighted by molar-refractivity contribution is 0.120. The maximum atomic E-state index is 9.64. The molecular formula is C21H29N3O. The van der Waals surface area contributed by atoms with Gasteiger partial charge in [-0.25, -0.2) is 0 Å². The molecule has 1 saturated carbocycles. The molecule has 2 aromatic carbocycles. The number of aliphatic hydroxyl groups excluding tert-OH is 1. The summed E-state index contributed by atoms with van der Waals surface area (Å²) in [7, 11) is 0. The fourth-order valence-corrected chi connectivity index (χ4v) is 3.53. The Labute approximate surface area is 150 Å². The third kappa shape index (κ3) is 4.95. The molecular weight excluding hydrogens is 310 g/mol. The maximum Gasteiger partial charge on any atom is 0.191 e. The Hall–Kier alpha value is -2.07. The van der Waals surface area contributed by atoms with E-state index in [4.69, 9.17) is 4.99 Å². The minimum absolute atomic E-state index is 0.121. The lowest BCUT2D eigenvalue weighted by Crippen LogP contribution is -2.45. The molecule has 0 saturated heterocycles. The van der Waals surface area contributed by atoms with Gasteiger partial charge in [-0.2, -0.15) is 0 Å². The van der Waals surface area contributed by atoms with Crippen LogP contribution >= 0.6 is 0 Å². The molecule has 3 rings (SSSR count). The zero-order chi connectivity index (χ0) is 17.5. The summed E-state index contributed by atoms with van der Waals surface area (Å²) in [5, 5.41) is 19.1. The van der Waals surface area contributed by atoms with Crippen molar-refractivity contribution in [1.29, 1.82) is 0 Å². The molecule has 0 aliphatic heterocycles. The van der Waals surface area contributed by atoms with E-state index >= 15 is 0 Å². The third-order valence-corrected chi connectivity index (χ3v) is 4.91. The number of fused-ring (bicyclic) bond motifs is 1. The number of benzene rings is 2.